The molecule has 3 atom stereocenters. The highest BCUT2D eigenvalue weighted by Gasteiger charge is 2.29. The summed E-state index contributed by atoms with van der Waals surface area (Å²) in [7, 11) is 0. The topological polar surface area (TPSA) is 45.2 Å². The minimum absolute atomic E-state index is 0.0626. The summed E-state index contributed by atoms with van der Waals surface area (Å²) in [5.74, 6) is 0. The summed E-state index contributed by atoms with van der Waals surface area (Å²) in [6.07, 6.45) is 1.24. The van der Waals surface area contributed by atoms with Crippen LogP contribution >= 0.6 is 0 Å². The third-order valence-electron chi connectivity index (χ3n) is 4.96. The predicted molar refractivity (Wildman–Crippen MR) is 93.9 cm³/mol. The molecule has 0 radical (unpaired) electrons. The first kappa shape index (κ1) is 17.8. The van der Waals surface area contributed by atoms with Crippen LogP contribution in [0.25, 0.3) is 0 Å². The molecule has 0 bridgehead atoms. The van der Waals surface area contributed by atoms with Gasteiger partial charge in [0.05, 0.1) is 25.4 Å². The largest absolute Gasteiger partial charge is 0.394 e. The van der Waals surface area contributed by atoms with Crippen LogP contribution in [0.1, 0.15) is 18.9 Å². The van der Waals surface area contributed by atoms with Gasteiger partial charge in [-0.15, -0.1) is 0 Å². The summed E-state index contributed by atoms with van der Waals surface area (Å²) in [5.41, 5.74) is 1.36. The van der Waals surface area contributed by atoms with Crippen molar-refractivity contribution in [1.29, 1.82) is 0 Å². The van der Waals surface area contributed by atoms with Gasteiger partial charge >= 0.3 is 0 Å². The number of aliphatic hydroxyl groups excluding tert-OH is 1. The van der Waals surface area contributed by atoms with Crippen molar-refractivity contribution >= 4 is 0 Å². The van der Waals surface area contributed by atoms with Gasteiger partial charge in [-0.2, -0.15) is 0 Å². The Balaban J connectivity index is 1.56. The second kappa shape index (κ2) is 8.92. The highest BCUT2D eigenvalue weighted by molar-refractivity contribution is 5.14. The van der Waals surface area contributed by atoms with Crippen LogP contribution in [-0.2, 0) is 16.0 Å². The number of aliphatic hydroxyl groups is 1. The number of hydrogen-bond acceptors (Lipinski definition) is 5. The zero-order valence-corrected chi connectivity index (χ0v) is 14.6. The molecule has 0 aromatic heterocycles. The van der Waals surface area contributed by atoms with Crippen LogP contribution in [0.15, 0.2) is 30.3 Å². The van der Waals surface area contributed by atoms with E-state index in [1.807, 2.05) is 0 Å². The van der Waals surface area contributed by atoms with Gasteiger partial charge in [0.2, 0.25) is 0 Å². The highest BCUT2D eigenvalue weighted by atomic mass is 16.5. The molecule has 0 aliphatic carbocycles. The van der Waals surface area contributed by atoms with E-state index in [-0.39, 0.29) is 18.8 Å². The Labute approximate surface area is 145 Å². The molecule has 2 aliphatic rings. The van der Waals surface area contributed by atoms with Gasteiger partial charge in [-0.05, 0) is 18.9 Å². The first-order valence-corrected chi connectivity index (χ1v) is 9.09. The molecule has 5 nitrogen and oxygen atoms in total. The third kappa shape index (κ3) is 5.01. The number of morpholine rings is 1. The van der Waals surface area contributed by atoms with Gasteiger partial charge in [-0.1, -0.05) is 30.3 Å². The minimum atomic E-state index is -0.0626. The van der Waals surface area contributed by atoms with Gasteiger partial charge in [0.25, 0.3) is 0 Å². The number of hydrogen-bond donors (Lipinski definition) is 1. The molecular formula is C19H30N2O3. The monoisotopic (exact) mass is 334 g/mol. The van der Waals surface area contributed by atoms with Crippen molar-refractivity contribution in [3.05, 3.63) is 35.9 Å². The fraction of sp³-hybridized carbons (Fsp3) is 0.684. The average molecular weight is 334 g/mol. The smallest absolute Gasteiger partial charge is 0.0933 e. The van der Waals surface area contributed by atoms with Crippen LogP contribution in [0.4, 0.5) is 0 Å². The maximum atomic E-state index is 9.36. The fourth-order valence-corrected chi connectivity index (χ4v) is 3.57. The van der Waals surface area contributed by atoms with E-state index < -0.39 is 0 Å². The molecule has 1 aromatic carbocycles. The summed E-state index contributed by atoms with van der Waals surface area (Å²) in [6.45, 7) is 8.53. The molecule has 2 aliphatic heterocycles. The van der Waals surface area contributed by atoms with Gasteiger partial charge in [-0.25, -0.2) is 0 Å². The average Bonchev–Trinajstić information content (AvgIpc) is 2.83. The Kier molecular flexibility index (Phi) is 6.63. The first-order chi connectivity index (χ1) is 11.7. The minimum Gasteiger partial charge on any atom is -0.394 e. The van der Waals surface area contributed by atoms with E-state index in [0.29, 0.717) is 12.6 Å². The van der Waals surface area contributed by atoms with Crippen molar-refractivity contribution in [2.45, 2.75) is 38.1 Å². The summed E-state index contributed by atoms with van der Waals surface area (Å²) < 4.78 is 11.7. The van der Waals surface area contributed by atoms with E-state index in [0.717, 1.165) is 45.8 Å². The molecule has 5 heteroatoms. The van der Waals surface area contributed by atoms with Crippen molar-refractivity contribution in [1.82, 2.24) is 9.80 Å². The van der Waals surface area contributed by atoms with Crippen molar-refractivity contribution in [2.24, 2.45) is 0 Å². The van der Waals surface area contributed by atoms with E-state index in [4.69, 9.17) is 9.47 Å². The number of ether oxygens (including phenoxy) is 2. The van der Waals surface area contributed by atoms with Crippen molar-refractivity contribution in [3.8, 4) is 0 Å². The summed E-state index contributed by atoms with van der Waals surface area (Å²) in [4.78, 5) is 4.91. The Morgan fingerprint density at radius 3 is 2.75 bits per heavy atom. The standard InChI is InChI=1S/C19H30N2O3/c1-16-15-24-19(14-22)13-21(16)12-18-11-20(8-5-9-23-18)10-17-6-3-2-4-7-17/h2-4,6-7,16,18-19,22H,5,8-15H2,1H3/t16-,18+,19-/m1/s1. The van der Waals surface area contributed by atoms with Crippen molar-refractivity contribution < 1.29 is 14.6 Å². The van der Waals surface area contributed by atoms with Crippen LogP contribution < -0.4 is 0 Å². The zero-order chi connectivity index (χ0) is 16.8. The normalized spacial score (nSPS) is 30.2. The van der Waals surface area contributed by atoms with Crippen LogP contribution in [0.5, 0.6) is 0 Å². The van der Waals surface area contributed by atoms with Crippen molar-refractivity contribution in [3.63, 3.8) is 0 Å². The molecule has 24 heavy (non-hydrogen) atoms. The SMILES string of the molecule is C[C@@H]1CO[C@@H](CO)CN1C[C@@H]1CN(Cc2ccccc2)CCCO1. The van der Waals surface area contributed by atoms with Gasteiger partial charge in [0.1, 0.15) is 0 Å². The summed E-state index contributed by atoms with van der Waals surface area (Å²) >= 11 is 0. The lowest BCUT2D eigenvalue weighted by Crippen LogP contribution is -2.53. The van der Waals surface area contributed by atoms with Gasteiger partial charge in [0.15, 0.2) is 0 Å². The number of nitrogens with zero attached hydrogens (tertiary/aromatic N) is 2. The van der Waals surface area contributed by atoms with Gasteiger partial charge < -0.3 is 14.6 Å². The molecule has 0 spiro atoms. The van der Waals surface area contributed by atoms with Crippen LogP contribution in [0, 0.1) is 0 Å². The van der Waals surface area contributed by atoms with Crippen LogP contribution in [-0.4, -0.2) is 79.2 Å². The fourth-order valence-electron chi connectivity index (χ4n) is 3.57. The zero-order valence-electron chi connectivity index (χ0n) is 14.6. The van der Waals surface area contributed by atoms with E-state index in [1.54, 1.807) is 0 Å². The maximum absolute atomic E-state index is 9.36. The Bertz CT molecular complexity index is 485. The molecule has 0 unspecified atom stereocenters. The molecule has 3 rings (SSSR count). The molecule has 2 heterocycles. The summed E-state index contributed by atoms with van der Waals surface area (Å²) in [6, 6.07) is 11.0. The summed E-state index contributed by atoms with van der Waals surface area (Å²) in [5, 5.41) is 9.36. The Morgan fingerprint density at radius 2 is 1.96 bits per heavy atom. The quantitative estimate of drug-likeness (QED) is 0.881. The van der Waals surface area contributed by atoms with E-state index in [9.17, 15) is 5.11 Å². The lowest BCUT2D eigenvalue weighted by atomic mass is 10.1. The molecule has 1 N–H and O–H groups in total. The molecule has 134 valence electrons. The molecule has 2 saturated heterocycles. The molecule has 1 aromatic rings. The number of benzene rings is 1. The van der Waals surface area contributed by atoms with Gasteiger partial charge in [0, 0.05) is 45.4 Å². The Hall–Kier alpha value is -0.980. The van der Waals surface area contributed by atoms with Crippen LogP contribution in [0.2, 0.25) is 0 Å². The predicted octanol–water partition coefficient (Wildman–Crippen LogP) is 1.36. The molecule has 0 saturated carbocycles. The maximum Gasteiger partial charge on any atom is 0.0933 e. The van der Waals surface area contributed by atoms with E-state index in [1.165, 1.54) is 5.56 Å². The lowest BCUT2D eigenvalue weighted by molar-refractivity contribution is -0.0924. The molecule has 0 amide bonds. The first-order valence-electron chi connectivity index (χ1n) is 9.09. The van der Waals surface area contributed by atoms with Crippen LogP contribution in [0.3, 0.4) is 0 Å². The number of rotatable bonds is 5. The lowest BCUT2D eigenvalue weighted by Gasteiger charge is -2.39. The highest BCUT2D eigenvalue weighted by Crippen LogP contribution is 2.16. The molecule has 2 fully saturated rings. The van der Waals surface area contributed by atoms with Crippen molar-refractivity contribution in [2.75, 3.05) is 46.0 Å². The Morgan fingerprint density at radius 1 is 1.12 bits per heavy atom. The van der Waals surface area contributed by atoms with E-state index in [2.05, 4.69) is 47.1 Å². The van der Waals surface area contributed by atoms with Gasteiger partial charge in [-0.3, -0.25) is 9.80 Å². The molecular weight excluding hydrogens is 304 g/mol. The van der Waals surface area contributed by atoms with E-state index >= 15 is 0 Å². The second-order valence-electron chi connectivity index (χ2n) is 7.01. The second-order valence-corrected chi connectivity index (χ2v) is 7.01. The third-order valence-corrected chi connectivity index (χ3v) is 4.96.